The van der Waals surface area contributed by atoms with Crippen LogP contribution in [0.5, 0.6) is 0 Å². The van der Waals surface area contributed by atoms with E-state index in [1.54, 1.807) is 40.1 Å². The van der Waals surface area contributed by atoms with E-state index in [2.05, 4.69) is 20.3 Å². The molecule has 1 fully saturated rings. The van der Waals surface area contributed by atoms with Crippen LogP contribution in [0.1, 0.15) is 18.9 Å². The van der Waals surface area contributed by atoms with E-state index in [9.17, 15) is 9.59 Å². The minimum absolute atomic E-state index is 0.0115. The predicted octanol–water partition coefficient (Wildman–Crippen LogP) is 4.96. The van der Waals surface area contributed by atoms with Crippen molar-refractivity contribution in [3.63, 3.8) is 0 Å². The van der Waals surface area contributed by atoms with Gasteiger partial charge in [-0.2, -0.15) is 0 Å². The molecule has 0 radical (unpaired) electrons. The Morgan fingerprint density at radius 3 is 2.55 bits per heavy atom. The number of imidazole rings is 1. The molecule has 1 aliphatic rings. The molecule has 2 aromatic carbocycles. The summed E-state index contributed by atoms with van der Waals surface area (Å²) in [7, 11) is 0. The van der Waals surface area contributed by atoms with Crippen molar-refractivity contribution in [2.75, 3.05) is 18.4 Å². The van der Waals surface area contributed by atoms with Gasteiger partial charge in [-0.05, 0) is 37.1 Å². The summed E-state index contributed by atoms with van der Waals surface area (Å²) in [6, 6.07) is 10.6. The third-order valence-electron chi connectivity index (χ3n) is 5.91. The maximum atomic E-state index is 12.9. The zero-order valence-electron chi connectivity index (χ0n) is 17.5. The second-order valence-corrected chi connectivity index (χ2v) is 8.72. The molecule has 0 aliphatic carbocycles. The summed E-state index contributed by atoms with van der Waals surface area (Å²) in [5, 5.41) is 3.67. The first-order chi connectivity index (χ1) is 16.0. The third-order valence-corrected chi connectivity index (χ3v) is 6.65. The summed E-state index contributed by atoms with van der Waals surface area (Å²) < 4.78 is 1.80. The highest BCUT2D eigenvalue weighted by molar-refractivity contribution is 6.42. The van der Waals surface area contributed by atoms with Gasteiger partial charge < -0.3 is 15.2 Å². The van der Waals surface area contributed by atoms with Gasteiger partial charge in [0.1, 0.15) is 6.33 Å². The summed E-state index contributed by atoms with van der Waals surface area (Å²) in [4.78, 5) is 38.5. The number of nitrogens with one attached hydrogen (secondary N) is 2. The van der Waals surface area contributed by atoms with Gasteiger partial charge in [0, 0.05) is 48.3 Å². The maximum absolute atomic E-state index is 12.9. The van der Waals surface area contributed by atoms with Gasteiger partial charge in [0.15, 0.2) is 0 Å². The Morgan fingerprint density at radius 1 is 1.06 bits per heavy atom. The number of anilines is 1. The maximum Gasteiger partial charge on any atom is 0.326 e. The third kappa shape index (κ3) is 4.19. The molecule has 0 saturated carbocycles. The molecule has 3 heterocycles. The van der Waals surface area contributed by atoms with Gasteiger partial charge in [-0.25, -0.2) is 19.6 Å². The molecule has 0 atom stereocenters. The highest BCUT2D eigenvalue weighted by Crippen LogP contribution is 2.30. The number of para-hydroxylation sites is 1. The fourth-order valence-electron chi connectivity index (χ4n) is 4.29. The number of likely N-dealkylation sites (tertiary alicyclic amines) is 1. The Kier molecular flexibility index (Phi) is 5.78. The molecule has 2 N–H and O–H groups in total. The van der Waals surface area contributed by atoms with E-state index < -0.39 is 0 Å². The second-order valence-electron chi connectivity index (χ2n) is 7.90. The fraction of sp³-hybridized carbons (Fsp3) is 0.217. The van der Waals surface area contributed by atoms with E-state index in [1.165, 1.54) is 6.33 Å². The standard InChI is InChI=1S/C23H20Cl2N6O2/c24-18-5-4-15(10-19(18)25)28-22(32)30-8-6-16(7-9-30)31-20-3-1-2-17(21(20)29-23(31)33)14-11-26-13-27-12-14/h1-5,10-13,16H,6-9H2,(H,28,32)(H,29,33). The smallest absolute Gasteiger partial charge is 0.324 e. The van der Waals surface area contributed by atoms with Crippen LogP contribution in [0, 0.1) is 0 Å². The first kappa shape index (κ1) is 21.5. The average Bonchev–Trinajstić information content (AvgIpc) is 3.18. The van der Waals surface area contributed by atoms with Crippen molar-refractivity contribution >= 4 is 46.0 Å². The number of amides is 2. The number of aromatic nitrogens is 4. The zero-order chi connectivity index (χ0) is 22.9. The lowest BCUT2D eigenvalue weighted by Gasteiger charge is -2.32. The van der Waals surface area contributed by atoms with Crippen molar-refractivity contribution in [3.8, 4) is 11.1 Å². The largest absolute Gasteiger partial charge is 0.326 e. The van der Waals surface area contributed by atoms with Crippen molar-refractivity contribution in [1.82, 2.24) is 24.4 Å². The molecule has 8 nitrogen and oxygen atoms in total. The van der Waals surface area contributed by atoms with E-state index in [1.807, 2.05) is 18.2 Å². The number of halogens is 2. The summed E-state index contributed by atoms with van der Waals surface area (Å²) in [5.74, 6) is 0. The Morgan fingerprint density at radius 2 is 1.82 bits per heavy atom. The van der Waals surface area contributed by atoms with E-state index in [0.717, 1.165) is 22.2 Å². The van der Waals surface area contributed by atoms with Gasteiger partial charge in [-0.1, -0.05) is 35.3 Å². The number of hydrogen-bond donors (Lipinski definition) is 2. The first-order valence-corrected chi connectivity index (χ1v) is 11.3. The molecule has 33 heavy (non-hydrogen) atoms. The molecule has 0 spiro atoms. The van der Waals surface area contributed by atoms with Crippen LogP contribution in [-0.4, -0.2) is 43.5 Å². The lowest BCUT2D eigenvalue weighted by Crippen LogP contribution is -2.42. The zero-order valence-corrected chi connectivity index (χ0v) is 19.0. The predicted molar refractivity (Wildman–Crippen MR) is 129 cm³/mol. The number of fused-ring (bicyclic) bond motifs is 1. The number of benzene rings is 2. The highest BCUT2D eigenvalue weighted by atomic mass is 35.5. The lowest BCUT2D eigenvalue weighted by molar-refractivity contribution is 0.184. The lowest BCUT2D eigenvalue weighted by atomic mass is 10.0. The van der Waals surface area contributed by atoms with Gasteiger partial charge >= 0.3 is 11.7 Å². The summed E-state index contributed by atoms with van der Waals surface area (Å²) in [6.07, 6.45) is 6.26. The number of carbonyl (C=O) groups excluding carboxylic acids is 1. The van der Waals surface area contributed by atoms with E-state index >= 15 is 0 Å². The Labute approximate surface area is 199 Å². The molecule has 4 aromatic rings. The van der Waals surface area contributed by atoms with Crippen LogP contribution in [0.2, 0.25) is 10.0 Å². The van der Waals surface area contributed by atoms with Crippen LogP contribution >= 0.6 is 23.2 Å². The average molecular weight is 483 g/mol. The molecule has 5 rings (SSSR count). The van der Waals surface area contributed by atoms with E-state index in [4.69, 9.17) is 23.2 Å². The number of rotatable bonds is 3. The molecule has 0 bridgehead atoms. The molecule has 0 unspecified atom stereocenters. The van der Waals surface area contributed by atoms with Crippen LogP contribution in [0.4, 0.5) is 10.5 Å². The molecule has 1 aliphatic heterocycles. The number of urea groups is 1. The van der Waals surface area contributed by atoms with Crippen molar-refractivity contribution in [3.05, 3.63) is 75.6 Å². The fourth-order valence-corrected chi connectivity index (χ4v) is 4.59. The number of piperidine rings is 1. The normalized spacial score (nSPS) is 14.5. The van der Waals surface area contributed by atoms with Crippen LogP contribution in [0.25, 0.3) is 22.2 Å². The molecule has 168 valence electrons. The monoisotopic (exact) mass is 482 g/mol. The Bertz CT molecular complexity index is 1380. The van der Waals surface area contributed by atoms with Crippen molar-refractivity contribution in [1.29, 1.82) is 0 Å². The van der Waals surface area contributed by atoms with E-state index in [-0.39, 0.29) is 17.8 Å². The Balaban J connectivity index is 1.33. The van der Waals surface area contributed by atoms with Crippen LogP contribution in [0.15, 0.2) is 59.9 Å². The van der Waals surface area contributed by atoms with Crippen LogP contribution in [0.3, 0.4) is 0 Å². The van der Waals surface area contributed by atoms with Gasteiger partial charge in [0.25, 0.3) is 0 Å². The molecular weight excluding hydrogens is 463 g/mol. The number of H-pyrrole nitrogens is 1. The number of aromatic amines is 1. The number of carbonyl (C=O) groups is 1. The Hall–Kier alpha value is -3.36. The molecule has 1 saturated heterocycles. The minimum Gasteiger partial charge on any atom is -0.324 e. The molecular formula is C23H20Cl2N6O2. The summed E-state index contributed by atoms with van der Waals surface area (Å²) >= 11 is 12.0. The number of nitrogens with zero attached hydrogens (tertiary/aromatic N) is 4. The SMILES string of the molecule is O=C(Nc1ccc(Cl)c(Cl)c1)N1CCC(n2c(=O)[nH]c3c(-c4cncnc4)cccc32)CC1. The minimum atomic E-state index is -0.204. The topological polar surface area (TPSA) is 95.9 Å². The quantitative estimate of drug-likeness (QED) is 0.431. The van der Waals surface area contributed by atoms with Gasteiger partial charge in [0.2, 0.25) is 0 Å². The highest BCUT2D eigenvalue weighted by Gasteiger charge is 2.26. The first-order valence-electron chi connectivity index (χ1n) is 10.5. The number of hydrogen-bond acceptors (Lipinski definition) is 4. The molecule has 10 heteroatoms. The van der Waals surface area contributed by atoms with Gasteiger partial charge in [0.05, 0.1) is 21.1 Å². The second kappa shape index (κ2) is 8.88. The summed E-state index contributed by atoms with van der Waals surface area (Å²) in [5.41, 5.74) is 3.74. The molecule has 2 aromatic heterocycles. The summed E-state index contributed by atoms with van der Waals surface area (Å²) in [6.45, 7) is 1.06. The van der Waals surface area contributed by atoms with Gasteiger partial charge in [-0.3, -0.25) is 4.57 Å². The van der Waals surface area contributed by atoms with E-state index in [0.29, 0.717) is 41.7 Å². The van der Waals surface area contributed by atoms with Crippen LogP contribution < -0.4 is 11.0 Å². The van der Waals surface area contributed by atoms with Crippen LogP contribution in [-0.2, 0) is 0 Å². The molecule has 2 amide bonds. The van der Waals surface area contributed by atoms with Gasteiger partial charge in [-0.15, -0.1) is 0 Å². The van der Waals surface area contributed by atoms with Crippen molar-refractivity contribution in [2.45, 2.75) is 18.9 Å². The van der Waals surface area contributed by atoms with Crippen molar-refractivity contribution in [2.24, 2.45) is 0 Å². The van der Waals surface area contributed by atoms with Crippen molar-refractivity contribution < 1.29 is 4.79 Å².